The number of benzene rings is 1. The van der Waals surface area contributed by atoms with Gasteiger partial charge in [-0.25, -0.2) is 0 Å². The predicted molar refractivity (Wildman–Crippen MR) is 66.0 cm³/mol. The molecule has 1 amide bonds. The summed E-state index contributed by atoms with van der Waals surface area (Å²) in [4.78, 5) is 15.5. The Labute approximate surface area is 99.4 Å². The van der Waals surface area contributed by atoms with E-state index in [-0.39, 0.29) is 0 Å². The molecular formula is C13H14N2O2. The second-order valence-electron chi connectivity index (χ2n) is 3.72. The number of amides is 1. The number of hydrogen-bond acceptors (Lipinski definition) is 3. The fraction of sp³-hybridized carbons (Fsp3) is 0.231. The number of fused-ring (bicyclic) bond motifs is 1. The largest absolute Gasteiger partial charge is 0.491 e. The summed E-state index contributed by atoms with van der Waals surface area (Å²) in [7, 11) is 0. The van der Waals surface area contributed by atoms with Crippen LogP contribution in [0.15, 0.2) is 30.5 Å². The molecule has 0 atom stereocenters. The molecular weight excluding hydrogens is 216 g/mol. The van der Waals surface area contributed by atoms with Crippen LogP contribution in [0.3, 0.4) is 0 Å². The molecule has 2 rings (SSSR count). The first kappa shape index (κ1) is 11.4. The predicted octanol–water partition coefficient (Wildman–Crippen LogP) is 2.12. The van der Waals surface area contributed by atoms with E-state index >= 15 is 0 Å². The molecule has 0 bridgehead atoms. The van der Waals surface area contributed by atoms with Crippen LogP contribution in [0.5, 0.6) is 5.75 Å². The van der Waals surface area contributed by atoms with Crippen molar-refractivity contribution in [3.05, 3.63) is 36.0 Å². The fourth-order valence-electron chi connectivity index (χ4n) is 1.69. The van der Waals surface area contributed by atoms with Gasteiger partial charge < -0.3 is 10.5 Å². The van der Waals surface area contributed by atoms with Crippen LogP contribution in [0.4, 0.5) is 0 Å². The van der Waals surface area contributed by atoms with Crippen LogP contribution in [0.25, 0.3) is 10.9 Å². The first-order valence-electron chi connectivity index (χ1n) is 5.54. The lowest BCUT2D eigenvalue weighted by molar-refractivity contribution is 0.100. The second-order valence-corrected chi connectivity index (χ2v) is 3.72. The minimum absolute atomic E-state index is 0.454. The summed E-state index contributed by atoms with van der Waals surface area (Å²) in [5.41, 5.74) is 6.47. The van der Waals surface area contributed by atoms with Crippen molar-refractivity contribution in [1.29, 1.82) is 0 Å². The first-order valence-corrected chi connectivity index (χ1v) is 5.54. The number of carbonyl (C=O) groups excluding carboxylic acids is 1. The number of carbonyl (C=O) groups is 1. The third-order valence-electron chi connectivity index (χ3n) is 2.46. The minimum atomic E-state index is -0.454. The lowest BCUT2D eigenvalue weighted by atomic mass is 10.1. The van der Waals surface area contributed by atoms with Gasteiger partial charge in [-0.2, -0.15) is 0 Å². The molecule has 0 radical (unpaired) electrons. The van der Waals surface area contributed by atoms with Gasteiger partial charge in [-0.15, -0.1) is 0 Å². The average molecular weight is 230 g/mol. The van der Waals surface area contributed by atoms with Crippen molar-refractivity contribution in [2.24, 2.45) is 5.73 Å². The Kier molecular flexibility index (Phi) is 3.23. The zero-order valence-electron chi connectivity index (χ0n) is 9.64. The molecule has 1 heterocycles. The molecule has 4 nitrogen and oxygen atoms in total. The molecule has 0 spiro atoms. The lowest BCUT2D eigenvalue weighted by Crippen LogP contribution is -2.11. The van der Waals surface area contributed by atoms with E-state index in [9.17, 15) is 4.79 Å². The van der Waals surface area contributed by atoms with Crippen LogP contribution in [0.2, 0.25) is 0 Å². The normalized spacial score (nSPS) is 10.4. The van der Waals surface area contributed by atoms with Gasteiger partial charge in [-0.1, -0.05) is 13.0 Å². The van der Waals surface area contributed by atoms with Gasteiger partial charge in [0.2, 0.25) is 5.91 Å². The summed E-state index contributed by atoms with van der Waals surface area (Å²) in [5.74, 6) is 0.234. The lowest BCUT2D eigenvalue weighted by Gasteiger charge is -2.09. The van der Waals surface area contributed by atoms with Crippen molar-refractivity contribution < 1.29 is 9.53 Å². The average Bonchev–Trinajstić information content (AvgIpc) is 2.35. The Morgan fingerprint density at radius 2 is 2.24 bits per heavy atom. The van der Waals surface area contributed by atoms with E-state index in [1.165, 1.54) is 0 Å². The topological polar surface area (TPSA) is 65.2 Å². The van der Waals surface area contributed by atoms with Crippen molar-refractivity contribution in [2.45, 2.75) is 13.3 Å². The highest BCUT2D eigenvalue weighted by atomic mass is 16.5. The van der Waals surface area contributed by atoms with Crippen LogP contribution in [-0.2, 0) is 0 Å². The number of nitrogens with zero attached hydrogens (tertiary/aromatic N) is 1. The summed E-state index contributed by atoms with van der Waals surface area (Å²) in [6.45, 7) is 2.66. The third-order valence-corrected chi connectivity index (χ3v) is 2.46. The molecule has 0 aliphatic heterocycles. The number of aromatic nitrogens is 1. The molecule has 17 heavy (non-hydrogen) atoms. The van der Waals surface area contributed by atoms with Crippen LogP contribution >= 0.6 is 0 Å². The van der Waals surface area contributed by atoms with Crippen LogP contribution in [-0.4, -0.2) is 17.5 Å². The Hall–Kier alpha value is -2.10. The molecule has 2 N–H and O–H groups in total. The van der Waals surface area contributed by atoms with Gasteiger partial charge >= 0.3 is 0 Å². The van der Waals surface area contributed by atoms with Crippen molar-refractivity contribution in [3.63, 3.8) is 0 Å². The van der Waals surface area contributed by atoms with Gasteiger partial charge in [0, 0.05) is 17.1 Å². The molecule has 0 saturated carbocycles. The zero-order chi connectivity index (χ0) is 12.3. The number of pyridine rings is 1. The molecule has 0 unspecified atom stereocenters. The van der Waals surface area contributed by atoms with Crippen LogP contribution in [0, 0.1) is 0 Å². The van der Waals surface area contributed by atoms with E-state index < -0.39 is 5.91 Å². The van der Waals surface area contributed by atoms with Gasteiger partial charge in [-0.3, -0.25) is 9.78 Å². The van der Waals surface area contributed by atoms with Crippen molar-refractivity contribution in [3.8, 4) is 5.75 Å². The SMILES string of the molecule is CCCOc1ccc(C(N)=O)c2cccnc12. The van der Waals surface area contributed by atoms with Crippen molar-refractivity contribution >= 4 is 16.8 Å². The highest BCUT2D eigenvalue weighted by Gasteiger charge is 2.10. The molecule has 1 aromatic carbocycles. The zero-order valence-corrected chi connectivity index (χ0v) is 9.64. The molecule has 1 aromatic heterocycles. The standard InChI is InChI=1S/C13H14N2O2/c1-2-8-17-11-6-5-10(13(14)16)9-4-3-7-15-12(9)11/h3-7H,2,8H2,1H3,(H2,14,16). The molecule has 0 aliphatic carbocycles. The second kappa shape index (κ2) is 4.82. The monoisotopic (exact) mass is 230 g/mol. The maximum atomic E-state index is 11.3. The number of ether oxygens (including phenoxy) is 1. The smallest absolute Gasteiger partial charge is 0.249 e. The van der Waals surface area contributed by atoms with E-state index in [4.69, 9.17) is 10.5 Å². The molecule has 0 aliphatic rings. The van der Waals surface area contributed by atoms with Gasteiger partial charge in [0.1, 0.15) is 11.3 Å². The highest BCUT2D eigenvalue weighted by molar-refractivity contribution is 6.06. The summed E-state index contributed by atoms with van der Waals surface area (Å²) < 4.78 is 5.59. The molecule has 0 fully saturated rings. The summed E-state index contributed by atoms with van der Waals surface area (Å²) >= 11 is 0. The Morgan fingerprint density at radius 1 is 1.41 bits per heavy atom. The summed E-state index contributed by atoms with van der Waals surface area (Å²) in [5, 5.41) is 0.730. The molecule has 2 aromatic rings. The first-order chi connectivity index (χ1) is 8.24. The third kappa shape index (κ3) is 2.20. The van der Waals surface area contributed by atoms with Crippen LogP contribution < -0.4 is 10.5 Å². The van der Waals surface area contributed by atoms with Crippen LogP contribution in [0.1, 0.15) is 23.7 Å². The Bertz CT molecular complexity index is 552. The molecule has 4 heteroatoms. The van der Waals surface area contributed by atoms with Gasteiger partial charge in [0.15, 0.2) is 0 Å². The Balaban J connectivity index is 2.58. The maximum absolute atomic E-state index is 11.3. The maximum Gasteiger partial charge on any atom is 0.249 e. The summed E-state index contributed by atoms with van der Waals surface area (Å²) in [6, 6.07) is 7.02. The van der Waals surface area contributed by atoms with Gasteiger partial charge in [-0.05, 0) is 24.6 Å². The van der Waals surface area contributed by atoms with Crippen molar-refractivity contribution in [1.82, 2.24) is 4.98 Å². The molecule has 0 saturated heterocycles. The number of primary amides is 1. The fourth-order valence-corrected chi connectivity index (χ4v) is 1.69. The number of rotatable bonds is 4. The summed E-state index contributed by atoms with van der Waals surface area (Å²) in [6.07, 6.45) is 2.60. The Morgan fingerprint density at radius 3 is 2.94 bits per heavy atom. The van der Waals surface area contributed by atoms with E-state index in [1.807, 2.05) is 13.0 Å². The number of hydrogen-bond donors (Lipinski definition) is 1. The van der Waals surface area contributed by atoms with Crippen molar-refractivity contribution in [2.75, 3.05) is 6.61 Å². The minimum Gasteiger partial charge on any atom is -0.491 e. The van der Waals surface area contributed by atoms with Gasteiger partial charge in [0.05, 0.1) is 6.61 Å². The van der Waals surface area contributed by atoms with E-state index in [0.29, 0.717) is 23.4 Å². The number of nitrogens with two attached hydrogens (primary N) is 1. The van der Waals surface area contributed by atoms with E-state index in [2.05, 4.69) is 4.98 Å². The molecule has 88 valence electrons. The van der Waals surface area contributed by atoms with E-state index in [0.717, 1.165) is 11.8 Å². The van der Waals surface area contributed by atoms with Gasteiger partial charge in [0.25, 0.3) is 0 Å². The highest BCUT2D eigenvalue weighted by Crippen LogP contribution is 2.26. The van der Waals surface area contributed by atoms with E-state index in [1.54, 1.807) is 24.4 Å². The quantitative estimate of drug-likeness (QED) is 0.874.